The lowest BCUT2D eigenvalue weighted by molar-refractivity contribution is -0.259. The summed E-state index contributed by atoms with van der Waals surface area (Å²) >= 11 is 4.69. The monoisotopic (exact) mass is 1940 g/mol. The SMILES string of the molecule is Cc1c(NC(=O)OCCOC(=O)c2c(I)cc(I)c(C(=O)OCC(=O)OC(C(F)(F)F)C(F)(F)S(=O)(=O)[O-])c2I)cccc1-n1c(=O)n(-c2cccc(NC(=O)Oc3ccc(C(=O)OC(C)(C)c4ccc(F)cc4)cc3)c2C)c(=O)n(-c2cccc(NC(=O)Oc3ccc(C(=O)OC(C)(C)c4ccc(F)cc4)c(O)c3)c2C)c1=O. The summed E-state index contributed by atoms with van der Waals surface area (Å²) in [6, 6.07) is 32.0. The zero-order valence-electron chi connectivity index (χ0n) is 59.6. The molecule has 0 fully saturated rings. The van der Waals surface area contributed by atoms with Crippen LogP contribution in [0, 0.1) is 43.1 Å². The maximum absolute atomic E-state index is 15.3. The summed E-state index contributed by atoms with van der Waals surface area (Å²) < 4.78 is 171. The van der Waals surface area contributed by atoms with Gasteiger partial charge in [0.1, 0.15) is 58.9 Å². The van der Waals surface area contributed by atoms with E-state index in [9.17, 15) is 87.2 Å². The molecule has 1 atom stereocenters. The van der Waals surface area contributed by atoms with Gasteiger partial charge in [-0.25, -0.2) is 83.6 Å². The minimum absolute atomic E-state index is 0.00656. The molecular formula is C74H57F7I3N6O23S-. The van der Waals surface area contributed by atoms with E-state index in [0.29, 0.717) is 24.8 Å². The minimum Gasteiger partial charge on any atom is -0.743 e. The van der Waals surface area contributed by atoms with E-state index in [0.717, 1.165) is 18.2 Å². The van der Waals surface area contributed by atoms with E-state index in [-0.39, 0.29) is 89.7 Å². The second kappa shape index (κ2) is 35.0. The minimum atomic E-state index is -7.05. The van der Waals surface area contributed by atoms with Gasteiger partial charge in [0.25, 0.3) is 6.10 Å². The molecule has 0 aliphatic carbocycles. The van der Waals surface area contributed by atoms with Crippen LogP contribution in [0.4, 0.5) is 62.2 Å². The molecule has 0 saturated carbocycles. The Bertz CT molecular complexity index is 5670. The van der Waals surface area contributed by atoms with Crippen LogP contribution in [0.5, 0.6) is 17.2 Å². The lowest BCUT2D eigenvalue weighted by Crippen LogP contribution is -2.53. The van der Waals surface area contributed by atoms with Crippen molar-refractivity contribution < 1.29 is 125 Å². The zero-order chi connectivity index (χ0) is 84.0. The van der Waals surface area contributed by atoms with E-state index in [1.165, 1.54) is 191 Å². The quantitative estimate of drug-likeness (QED) is 0.0109. The number of nitrogens with zero attached hydrogens (tertiary/aromatic N) is 3. The number of halogens is 10. The first-order chi connectivity index (χ1) is 53.3. The Hall–Kier alpha value is -11.3. The molecule has 1 aromatic heterocycles. The van der Waals surface area contributed by atoms with Crippen LogP contribution in [0.15, 0.2) is 166 Å². The first kappa shape index (κ1) is 86.7. The lowest BCUT2D eigenvalue weighted by Gasteiger charge is -2.29. The lowest BCUT2D eigenvalue weighted by atomic mass is 9.98. The van der Waals surface area contributed by atoms with E-state index in [1.807, 2.05) is 0 Å². The van der Waals surface area contributed by atoms with Crippen molar-refractivity contribution >= 4 is 143 Å². The van der Waals surface area contributed by atoms with Gasteiger partial charge >= 0.3 is 76.6 Å². The molecule has 40 heteroatoms. The topological polar surface area (TPSA) is 390 Å². The summed E-state index contributed by atoms with van der Waals surface area (Å²) in [5.74, 6) is -8.89. The molecule has 29 nitrogen and oxygen atoms in total. The molecule has 8 aromatic carbocycles. The van der Waals surface area contributed by atoms with Crippen molar-refractivity contribution in [1.29, 1.82) is 0 Å². The van der Waals surface area contributed by atoms with Crippen LogP contribution in [0.1, 0.15) is 96.9 Å². The van der Waals surface area contributed by atoms with Crippen molar-refractivity contribution in [2.45, 2.75) is 77.2 Å². The van der Waals surface area contributed by atoms with Gasteiger partial charge < -0.3 is 47.6 Å². The summed E-state index contributed by atoms with van der Waals surface area (Å²) in [6.07, 6.45) is -14.6. The van der Waals surface area contributed by atoms with E-state index >= 15 is 14.4 Å². The highest BCUT2D eigenvalue weighted by atomic mass is 127. The molecule has 0 radical (unpaired) electrons. The van der Waals surface area contributed by atoms with Gasteiger partial charge in [-0.15, -0.1) is 0 Å². The number of carbonyl (C=O) groups is 8. The Labute approximate surface area is 679 Å². The number of phenols is 1. The van der Waals surface area contributed by atoms with Gasteiger partial charge in [-0.3, -0.25) is 16.0 Å². The number of nitrogens with one attached hydrogen (secondary N) is 3. The maximum atomic E-state index is 15.3. The predicted octanol–water partition coefficient (Wildman–Crippen LogP) is 13.4. The number of esters is 5. The van der Waals surface area contributed by atoms with Crippen LogP contribution in [0.2, 0.25) is 0 Å². The number of carbonyl (C=O) groups excluding carboxylic acids is 8. The van der Waals surface area contributed by atoms with Gasteiger partial charge in [-0.1, -0.05) is 42.5 Å². The van der Waals surface area contributed by atoms with Gasteiger partial charge in [0.05, 0.1) is 33.8 Å². The maximum Gasteiger partial charge on any atom is 0.432 e. The van der Waals surface area contributed by atoms with Crippen LogP contribution in [-0.4, -0.2) is 117 Å². The fraction of sp³-hybridized carbons (Fsp3) is 0.203. The summed E-state index contributed by atoms with van der Waals surface area (Å²) in [7, 11) is -7.05. The molecule has 114 heavy (non-hydrogen) atoms. The Kier molecular flexibility index (Phi) is 26.6. The fourth-order valence-corrected chi connectivity index (χ4v) is 15.4. The third kappa shape index (κ3) is 19.8. The molecule has 0 saturated heterocycles. The number of aromatic hydroxyl groups is 1. The van der Waals surface area contributed by atoms with Crippen molar-refractivity contribution in [3.8, 4) is 34.3 Å². The summed E-state index contributed by atoms with van der Waals surface area (Å²) in [4.78, 5) is 152. The van der Waals surface area contributed by atoms with Crippen molar-refractivity contribution in [1.82, 2.24) is 13.7 Å². The Morgan fingerprint density at radius 2 is 0.904 bits per heavy atom. The molecule has 9 aromatic rings. The largest absolute Gasteiger partial charge is 0.743 e. The number of ether oxygens (including phenoxy) is 8. The fourth-order valence-electron chi connectivity index (χ4n) is 10.7. The molecular weight excluding hydrogens is 1890 g/mol. The number of phenolic OH excluding ortho intramolecular Hbond substituents is 1. The number of rotatable bonds is 24. The second-order valence-corrected chi connectivity index (χ2v) is 29.9. The van der Waals surface area contributed by atoms with E-state index in [4.69, 9.17) is 28.4 Å². The molecule has 0 aliphatic heterocycles. The Morgan fingerprint density at radius 1 is 0.509 bits per heavy atom. The standard InChI is InChI=1S/C74H58F7I3N6O23S/c1-36-49(85-65(97)107-32-31-106-62(95)57-47(82)34-48(83)58(59(57)84)63(96)108-35-56(92)111-64(73(77,78)79)74(80,81)114(103,104)105)11-8-14-52(36)88-68(100)89(53-15-9-12-50(37(53)2)86-66(98)109-44-27-17-39(18-28-44)60(93)112-71(4,5)40-19-23-42(75)24-20-40)70(102)90(69(88)101)54-16-10-13-51(38(54)3)87-67(99)110-45-29-30-46(55(91)33-45)61(94)113-72(6,7)41-21-25-43(76)26-22-41/h8-30,33-34,64,91H,31-32,35H2,1-7H3,(H,85,97)(H,86,98)(H,87,99)(H,103,104,105)/p-1. The van der Waals surface area contributed by atoms with Gasteiger partial charge in [0, 0.05) is 33.8 Å². The van der Waals surface area contributed by atoms with Crippen molar-refractivity contribution in [3.63, 3.8) is 0 Å². The molecule has 9 rings (SSSR count). The Morgan fingerprint density at radius 3 is 1.32 bits per heavy atom. The van der Waals surface area contributed by atoms with Gasteiger partial charge in [-0.2, -0.15) is 22.0 Å². The average Bonchev–Trinajstić information content (AvgIpc) is 0.737. The highest BCUT2D eigenvalue weighted by Crippen LogP contribution is 2.39. The zero-order valence-corrected chi connectivity index (χ0v) is 66.9. The Balaban J connectivity index is 0.963. The number of benzene rings is 8. The molecule has 0 bridgehead atoms. The number of aromatic nitrogens is 3. The highest BCUT2D eigenvalue weighted by Gasteiger charge is 2.63. The first-order valence-corrected chi connectivity index (χ1v) is 37.2. The van der Waals surface area contributed by atoms with E-state index in [2.05, 4.69) is 25.4 Å². The number of hydrogen-bond acceptors (Lipinski definition) is 23. The molecule has 1 unspecified atom stereocenters. The van der Waals surface area contributed by atoms with E-state index < -0.39 is 147 Å². The summed E-state index contributed by atoms with van der Waals surface area (Å²) in [5.41, 5.74) is -7.80. The van der Waals surface area contributed by atoms with Gasteiger partial charge in [0.15, 0.2) is 16.7 Å². The van der Waals surface area contributed by atoms with Crippen LogP contribution in [0.3, 0.4) is 0 Å². The van der Waals surface area contributed by atoms with E-state index in [1.54, 1.807) is 59.0 Å². The van der Waals surface area contributed by atoms with Crippen LogP contribution in [-0.2, 0) is 54.5 Å². The number of anilines is 3. The molecule has 3 amide bonds. The normalized spacial score (nSPS) is 12.0. The summed E-state index contributed by atoms with van der Waals surface area (Å²) in [5, 5.41) is 12.2. The number of alkyl halides is 5. The molecule has 0 spiro atoms. The van der Waals surface area contributed by atoms with Gasteiger partial charge in [0.2, 0.25) is 0 Å². The number of amides is 3. The van der Waals surface area contributed by atoms with Crippen LogP contribution >= 0.6 is 67.8 Å². The smallest absolute Gasteiger partial charge is 0.432 e. The number of hydrogen-bond donors (Lipinski definition) is 4. The van der Waals surface area contributed by atoms with Crippen LogP contribution < -0.4 is 42.5 Å². The predicted molar refractivity (Wildman–Crippen MR) is 412 cm³/mol. The third-order valence-electron chi connectivity index (χ3n) is 16.6. The molecule has 598 valence electrons. The summed E-state index contributed by atoms with van der Waals surface area (Å²) in [6.45, 7) is 7.17. The first-order valence-electron chi connectivity index (χ1n) is 32.6. The molecule has 0 aliphatic rings. The van der Waals surface area contributed by atoms with Crippen molar-refractivity contribution in [2.24, 2.45) is 0 Å². The highest BCUT2D eigenvalue weighted by molar-refractivity contribution is 14.1. The third-order valence-corrected chi connectivity index (χ3v) is 20.3. The molecule has 4 N–H and O–H groups in total. The van der Waals surface area contributed by atoms with Crippen LogP contribution in [0.25, 0.3) is 17.1 Å². The van der Waals surface area contributed by atoms with Crippen molar-refractivity contribution in [3.05, 3.63) is 256 Å². The van der Waals surface area contributed by atoms with Crippen molar-refractivity contribution in [2.75, 3.05) is 35.8 Å². The van der Waals surface area contributed by atoms with Gasteiger partial charge in [-0.05, 0) is 247 Å². The average molecular weight is 1940 g/mol. The molecule has 1 heterocycles. The second-order valence-electron chi connectivity index (χ2n) is 25.1.